The van der Waals surface area contributed by atoms with Crippen molar-refractivity contribution in [1.82, 2.24) is 0 Å². The molecule has 0 atom stereocenters. The van der Waals surface area contributed by atoms with Crippen molar-refractivity contribution >= 4 is 39.0 Å². The summed E-state index contributed by atoms with van der Waals surface area (Å²) in [5.74, 6) is 1.61. The van der Waals surface area contributed by atoms with Crippen molar-refractivity contribution < 1.29 is 14.5 Å². The first-order chi connectivity index (χ1) is 13.0. The minimum atomic E-state index is 0.188. The number of nitrogens with two attached hydrogens (primary N) is 1. The van der Waals surface area contributed by atoms with Crippen molar-refractivity contribution in [3.63, 3.8) is 0 Å². The Bertz CT molecular complexity index is 1170. The van der Waals surface area contributed by atoms with Crippen LogP contribution in [0, 0.1) is 29.6 Å². The number of nitrogens with one attached hydrogen (secondary N) is 1. The molecule has 2 aromatic rings. The molecule has 6 nitrogen and oxygen atoms in total. The quantitative estimate of drug-likeness (QED) is 0.756. The van der Waals surface area contributed by atoms with E-state index in [0.29, 0.717) is 28.3 Å². The van der Waals surface area contributed by atoms with Crippen LogP contribution in [0.2, 0.25) is 0 Å². The third-order valence-corrected chi connectivity index (χ3v) is 5.40. The molecule has 0 radical (unpaired) electrons. The number of hydrogen-bond acceptors (Lipinski definition) is 5. The number of nitrogen functional groups attached to an aromatic ring is 1. The van der Waals surface area contributed by atoms with Gasteiger partial charge < -0.3 is 9.47 Å². The minimum absolute atomic E-state index is 0.188. The summed E-state index contributed by atoms with van der Waals surface area (Å²) in [4.78, 5) is 3.03. The van der Waals surface area contributed by atoms with Gasteiger partial charge in [0.15, 0.2) is 17.2 Å². The zero-order valence-corrected chi connectivity index (χ0v) is 16.2. The molecular weight excluding hydrogens is 408 g/mol. The van der Waals surface area contributed by atoms with Crippen molar-refractivity contribution in [3.8, 4) is 23.6 Å². The zero-order valence-electron chi connectivity index (χ0n) is 14.6. The number of ether oxygens (including phenoxy) is 2. The van der Waals surface area contributed by atoms with Crippen LogP contribution in [0.3, 0.4) is 0 Å². The van der Waals surface area contributed by atoms with Crippen molar-refractivity contribution in [3.05, 3.63) is 50.1 Å². The van der Waals surface area contributed by atoms with Gasteiger partial charge in [-0.2, -0.15) is 10.5 Å². The zero-order chi connectivity index (χ0) is 19.3. The summed E-state index contributed by atoms with van der Waals surface area (Å²) in [6.45, 7) is 3.92. The molecule has 1 aliphatic heterocycles. The van der Waals surface area contributed by atoms with E-state index in [1.807, 2.05) is 32.1 Å². The average Bonchev–Trinajstić information content (AvgIpc) is 3.19. The van der Waals surface area contributed by atoms with E-state index < -0.39 is 0 Å². The largest absolute Gasteiger partial charge is 0.454 e. The molecule has 1 aromatic carbocycles. The second kappa shape index (κ2) is 6.15. The number of hydrogen-bond donors (Lipinski definition) is 1. The number of aromatic amines is 1. The summed E-state index contributed by atoms with van der Waals surface area (Å²) in [7, 11) is 0. The Labute approximate surface area is 164 Å². The van der Waals surface area contributed by atoms with Crippen molar-refractivity contribution in [1.29, 1.82) is 10.5 Å². The number of aromatic nitrogens is 1. The highest BCUT2D eigenvalue weighted by atomic mass is 79.9. The van der Waals surface area contributed by atoms with Gasteiger partial charge in [-0.1, -0.05) is 0 Å². The molecular formula is C20H14BrN4O2+. The monoisotopic (exact) mass is 421 g/mol. The topological polar surface area (TPSA) is 106 Å². The number of anilines is 1. The van der Waals surface area contributed by atoms with Gasteiger partial charge >= 0.3 is 0 Å². The van der Waals surface area contributed by atoms with Crippen LogP contribution in [0.25, 0.3) is 17.2 Å². The van der Waals surface area contributed by atoms with Crippen molar-refractivity contribution in [2.75, 3.05) is 12.5 Å². The van der Waals surface area contributed by atoms with Gasteiger partial charge in [-0.25, -0.2) is 4.98 Å². The lowest BCUT2D eigenvalue weighted by Crippen LogP contribution is -2.20. The standard InChI is InChI=1S/C20H13BrN4O2/c1-9-12(3-11-4-15(21)19-16(5-11)26-8-27-19)17-10(2)14(7-23)20(24)25-18(17)13(9)6-22/h3-5H,8H2,1-2H3,(H2,24,25)/p+1/b12-3+. The molecule has 7 heteroatoms. The highest BCUT2D eigenvalue weighted by molar-refractivity contribution is 9.10. The summed E-state index contributed by atoms with van der Waals surface area (Å²) in [5.41, 5.74) is 11.7. The Morgan fingerprint density at radius 2 is 2.00 bits per heavy atom. The van der Waals surface area contributed by atoms with Crippen LogP contribution in [0.15, 0.2) is 22.2 Å². The molecule has 27 heavy (non-hydrogen) atoms. The van der Waals surface area contributed by atoms with E-state index in [4.69, 9.17) is 15.2 Å². The molecule has 0 saturated heterocycles. The summed E-state index contributed by atoms with van der Waals surface area (Å²) >= 11 is 3.50. The van der Waals surface area contributed by atoms with Gasteiger partial charge in [0.1, 0.15) is 23.3 Å². The fourth-order valence-electron chi connectivity index (χ4n) is 3.51. The number of allylic oxidation sites excluding steroid dienone is 3. The predicted molar refractivity (Wildman–Crippen MR) is 103 cm³/mol. The fraction of sp³-hybridized carbons (Fsp3) is 0.150. The number of nitriles is 2. The summed E-state index contributed by atoms with van der Waals surface area (Å²) in [6.07, 6.45) is 1.98. The Kier molecular flexibility index (Phi) is 3.91. The van der Waals surface area contributed by atoms with Gasteiger partial charge in [-0.05, 0) is 70.3 Å². The maximum atomic E-state index is 9.64. The third-order valence-electron chi connectivity index (χ3n) is 4.81. The maximum absolute atomic E-state index is 9.64. The van der Waals surface area contributed by atoms with E-state index in [0.717, 1.165) is 32.3 Å². The van der Waals surface area contributed by atoms with Gasteiger partial charge in [-0.15, -0.1) is 0 Å². The number of H-pyrrole nitrogens is 1. The molecule has 132 valence electrons. The molecule has 3 N–H and O–H groups in total. The van der Waals surface area contributed by atoms with Crippen molar-refractivity contribution in [2.45, 2.75) is 13.8 Å². The van der Waals surface area contributed by atoms with Crippen LogP contribution in [-0.4, -0.2) is 6.79 Å². The molecule has 4 rings (SSSR count). The van der Waals surface area contributed by atoms with Gasteiger partial charge in [0.05, 0.1) is 4.47 Å². The second-order valence-electron chi connectivity index (χ2n) is 6.31. The number of benzene rings is 1. The van der Waals surface area contributed by atoms with Gasteiger partial charge in [0, 0.05) is 5.56 Å². The number of pyridine rings is 1. The summed E-state index contributed by atoms with van der Waals surface area (Å²) in [6, 6.07) is 8.20. The summed E-state index contributed by atoms with van der Waals surface area (Å²) < 4.78 is 11.7. The normalized spacial score (nSPS) is 15.7. The van der Waals surface area contributed by atoms with E-state index in [1.165, 1.54) is 0 Å². The van der Waals surface area contributed by atoms with Crippen molar-refractivity contribution in [2.24, 2.45) is 0 Å². The van der Waals surface area contributed by atoms with E-state index in [1.54, 1.807) is 0 Å². The highest BCUT2D eigenvalue weighted by Gasteiger charge is 2.32. The molecule has 0 saturated carbocycles. The highest BCUT2D eigenvalue weighted by Crippen LogP contribution is 2.45. The molecule has 0 bridgehead atoms. The lowest BCUT2D eigenvalue weighted by molar-refractivity contribution is -0.364. The number of fused-ring (bicyclic) bond motifs is 2. The first-order valence-electron chi connectivity index (χ1n) is 8.14. The molecule has 0 amide bonds. The number of rotatable bonds is 1. The minimum Gasteiger partial charge on any atom is -0.454 e. The Morgan fingerprint density at radius 3 is 2.70 bits per heavy atom. The van der Waals surface area contributed by atoms with Crippen LogP contribution >= 0.6 is 15.9 Å². The first kappa shape index (κ1) is 17.1. The number of halogens is 1. The molecule has 1 aliphatic carbocycles. The first-order valence-corrected chi connectivity index (χ1v) is 8.94. The molecule has 2 heterocycles. The fourth-order valence-corrected chi connectivity index (χ4v) is 4.08. The number of nitrogens with zero attached hydrogens (tertiary/aromatic N) is 2. The molecule has 0 fully saturated rings. The van der Waals surface area contributed by atoms with Gasteiger partial charge in [0.25, 0.3) is 5.82 Å². The van der Waals surface area contributed by atoms with E-state index >= 15 is 0 Å². The van der Waals surface area contributed by atoms with Crippen LogP contribution in [-0.2, 0) is 0 Å². The molecule has 2 aliphatic rings. The smallest absolute Gasteiger partial charge is 0.289 e. The van der Waals surface area contributed by atoms with Crippen LogP contribution in [0.1, 0.15) is 34.9 Å². The van der Waals surface area contributed by atoms with Crippen LogP contribution in [0.4, 0.5) is 5.82 Å². The molecule has 0 spiro atoms. The Hall–Kier alpha value is -3.29. The maximum Gasteiger partial charge on any atom is 0.289 e. The van der Waals surface area contributed by atoms with E-state index in [-0.39, 0.29) is 12.6 Å². The van der Waals surface area contributed by atoms with Crippen LogP contribution < -0.4 is 20.2 Å². The Balaban J connectivity index is 1.97. The third kappa shape index (κ3) is 2.48. The van der Waals surface area contributed by atoms with Crippen LogP contribution in [0.5, 0.6) is 11.5 Å². The second-order valence-corrected chi connectivity index (χ2v) is 7.16. The average molecular weight is 422 g/mol. The Morgan fingerprint density at radius 1 is 1.22 bits per heavy atom. The van der Waals surface area contributed by atoms with Gasteiger partial charge in [-0.3, -0.25) is 5.73 Å². The molecule has 0 unspecified atom stereocenters. The SMILES string of the molecule is CC1=C(C#N)c2[nH+]c(N)c(C#N)c(C)c2/C1=C/c1cc(Br)c2c(c1)OCO2. The lowest BCUT2D eigenvalue weighted by Gasteiger charge is -2.09. The molecule has 1 aromatic heterocycles. The van der Waals surface area contributed by atoms with E-state index in [2.05, 4.69) is 33.1 Å². The van der Waals surface area contributed by atoms with E-state index in [9.17, 15) is 10.5 Å². The summed E-state index contributed by atoms with van der Waals surface area (Å²) in [5, 5.41) is 19.1. The van der Waals surface area contributed by atoms with Gasteiger partial charge in [0.2, 0.25) is 6.79 Å². The lowest BCUT2D eigenvalue weighted by atomic mass is 9.95. The predicted octanol–water partition coefficient (Wildman–Crippen LogP) is 3.61.